The SMILES string of the molecule is Cc1ccc2c(c1)c1cc3c4ccccc4n(-c4ccccc4)c3cc1n2-c1cc(-c2ccccc2)cc(-c2ccccc2)c1.Cc1ccc2c3cc4c5ccccc5n(-c5ccccc5)c4cc3n(-c3cc(-c4ccccc4)cc(-c4ccccc4)c3)c2c1.Cc1ccc2c3cc4c5ccccc5n(-c5ccccc5)c4cc3n(-c3nc(-c4ccccc4)nc(-c4ccccc4)n3)c2c1. The van der Waals surface area contributed by atoms with E-state index in [1.807, 2.05) is 60.7 Å². The van der Waals surface area contributed by atoms with Gasteiger partial charge in [0.15, 0.2) is 11.6 Å². The third-order valence-corrected chi connectivity index (χ3v) is 26.9. The highest BCUT2D eigenvalue weighted by Crippen LogP contribution is 2.47. The Morgan fingerprint density at radius 3 is 0.704 bits per heavy atom. The highest BCUT2D eigenvalue weighted by molar-refractivity contribution is 6.23. The molecule has 0 aliphatic carbocycles. The minimum absolute atomic E-state index is 0.593. The summed E-state index contributed by atoms with van der Waals surface area (Å²) >= 11 is 0. The summed E-state index contributed by atoms with van der Waals surface area (Å²) in [6.45, 7) is 6.50. The fraction of sp³-hybridized carbons (Fsp3) is 0.0238. The summed E-state index contributed by atoms with van der Waals surface area (Å²) in [7, 11) is 0. The Hall–Kier alpha value is -17.8. The molecule has 0 saturated heterocycles. The molecule has 9 heteroatoms. The topological polar surface area (TPSA) is 68.2 Å². The van der Waals surface area contributed by atoms with Gasteiger partial charge in [0.2, 0.25) is 5.95 Å². The molecule has 0 amide bonds. The lowest BCUT2D eigenvalue weighted by Gasteiger charge is -2.14. The van der Waals surface area contributed by atoms with Crippen LogP contribution < -0.4 is 0 Å². The molecule has 0 fully saturated rings. The number of para-hydroxylation sites is 6. The molecule has 0 radical (unpaired) electrons. The first kappa shape index (κ1) is 79.4. The molecule has 27 aromatic rings. The molecule has 0 bridgehead atoms. The number of rotatable bonds is 12. The third-order valence-electron chi connectivity index (χ3n) is 26.9. The normalized spacial score (nSPS) is 11.7. The molecule has 0 aliphatic rings. The molecule has 135 heavy (non-hydrogen) atoms. The summed E-state index contributed by atoms with van der Waals surface area (Å²) in [6, 6.07) is 170. The molecule has 27 rings (SSSR count). The largest absolute Gasteiger partial charge is 0.309 e. The molecule has 20 aromatic carbocycles. The van der Waals surface area contributed by atoms with Crippen molar-refractivity contribution in [1.29, 1.82) is 0 Å². The smallest absolute Gasteiger partial charge is 0.238 e. The Labute approximate surface area is 780 Å². The van der Waals surface area contributed by atoms with Crippen LogP contribution in [0.2, 0.25) is 0 Å². The van der Waals surface area contributed by atoms with Crippen LogP contribution in [0, 0.1) is 20.8 Å². The molecule has 0 saturated carbocycles. The van der Waals surface area contributed by atoms with Gasteiger partial charge in [0, 0.05) is 104 Å². The molecular formula is C126H87N9. The van der Waals surface area contributed by atoms with E-state index in [1.165, 1.54) is 176 Å². The van der Waals surface area contributed by atoms with Crippen molar-refractivity contribution in [3.63, 3.8) is 0 Å². The molecule has 9 nitrogen and oxygen atoms in total. The Bertz CT molecular complexity index is 8670. The van der Waals surface area contributed by atoms with E-state index in [0.717, 1.165) is 55.5 Å². The molecule has 0 N–H and O–H groups in total. The Morgan fingerprint density at radius 1 is 0.133 bits per heavy atom. The van der Waals surface area contributed by atoms with Crippen LogP contribution in [0.5, 0.6) is 0 Å². The van der Waals surface area contributed by atoms with Crippen molar-refractivity contribution in [3.8, 4) is 102 Å². The van der Waals surface area contributed by atoms with Gasteiger partial charge >= 0.3 is 0 Å². The number of aromatic nitrogens is 9. The van der Waals surface area contributed by atoms with Crippen LogP contribution in [0.25, 0.3) is 233 Å². The lowest BCUT2D eigenvalue weighted by molar-refractivity contribution is 0.953. The summed E-state index contributed by atoms with van der Waals surface area (Å²) in [5, 5.41) is 14.9. The lowest BCUT2D eigenvalue weighted by atomic mass is 9.98. The maximum atomic E-state index is 5.14. The second-order valence-electron chi connectivity index (χ2n) is 35.3. The van der Waals surface area contributed by atoms with Gasteiger partial charge in [-0.05, 0) is 228 Å². The standard InChI is InChI=1S/2C43H30N2.C40H27N5/c1-29-21-22-41-37(23-29)39-27-38-36-19-11-12-20-40(36)44(34-17-9-4-10-18-34)42(38)28-43(39)45(41)35-25-32(30-13-5-2-6-14-30)24-33(26-35)31-15-7-3-8-16-31;1-29-21-22-37-39-27-38-36-19-11-12-20-40(36)44(34-17-9-4-10-18-34)42(38)28-43(39)45(41(37)23-29)35-25-32(30-13-5-2-6-14-30)24-33(26-35)31-15-7-3-8-16-31;1-26-21-22-31-33-24-32-30-19-11-12-20-34(30)44(29-17-9-4-10-18-29)36(32)25-37(33)45(35(31)23-26)40-42-38(27-13-5-2-6-14-27)41-39(43-40)28-15-7-3-8-16-28/h2*2-28H,1H3;2-25H,1H3. The predicted molar refractivity (Wildman–Crippen MR) is 566 cm³/mol. The number of fused-ring (bicyclic) bond motifs is 18. The van der Waals surface area contributed by atoms with Crippen molar-refractivity contribution in [2.45, 2.75) is 20.8 Å². The van der Waals surface area contributed by atoms with Gasteiger partial charge in [-0.2, -0.15) is 9.97 Å². The molecule has 0 spiro atoms. The number of hydrogen-bond acceptors (Lipinski definition) is 3. The van der Waals surface area contributed by atoms with E-state index in [-0.39, 0.29) is 0 Å². The summed E-state index contributed by atoms with van der Waals surface area (Å²) < 4.78 is 14.3. The number of nitrogens with zero attached hydrogens (tertiary/aromatic N) is 9. The van der Waals surface area contributed by atoms with E-state index in [2.05, 4.69) is 461 Å². The summed E-state index contributed by atoms with van der Waals surface area (Å²) in [5.74, 6) is 1.87. The molecule has 7 aromatic heterocycles. The van der Waals surface area contributed by atoms with Crippen molar-refractivity contribution >= 4 is 131 Å². The van der Waals surface area contributed by atoms with Gasteiger partial charge in [-0.25, -0.2) is 4.98 Å². The quantitative estimate of drug-likeness (QED) is 0.122. The molecule has 0 atom stereocenters. The molecular weight excluding hydrogens is 1640 g/mol. The van der Waals surface area contributed by atoms with Crippen LogP contribution >= 0.6 is 0 Å². The maximum absolute atomic E-state index is 5.14. The Morgan fingerprint density at radius 2 is 0.363 bits per heavy atom. The van der Waals surface area contributed by atoms with Gasteiger partial charge < -0.3 is 22.8 Å². The van der Waals surface area contributed by atoms with Gasteiger partial charge in [-0.1, -0.05) is 327 Å². The zero-order chi connectivity index (χ0) is 89.7. The monoisotopic (exact) mass is 1730 g/mol. The summed E-state index contributed by atoms with van der Waals surface area (Å²) in [5.41, 5.74) is 35.1. The van der Waals surface area contributed by atoms with Crippen LogP contribution in [-0.4, -0.2) is 42.4 Å². The second-order valence-corrected chi connectivity index (χ2v) is 35.3. The zero-order valence-electron chi connectivity index (χ0n) is 74.6. The highest BCUT2D eigenvalue weighted by Gasteiger charge is 2.26. The average molecular weight is 1730 g/mol. The van der Waals surface area contributed by atoms with E-state index in [4.69, 9.17) is 15.0 Å². The Balaban J connectivity index is 0.000000108. The second kappa shape index (κ2) is 33.0. The summed E-state index contributed by atoms with van der Waals surface area (Å²) in [4.78, 5) is 15.2. The van der Waals surface area contributed by atoms with Crippen LogP contribution in [0.15, 0.2) is 473 Å². The van der Waals surface area contributed by atoms with E-state index < -0.39 is 0 Å². The summed E-state index contributed by atoms with van der Waals surface area (Å²) in [6.07, 6.45) is 0. The first-order valence-electron chi connectivity index (χ1n) is 46.2. The highest BCUT2D eigenvalue weighted by atomic mass is 15.2. The minimum atomic E-state index is 0.593. The van der Waals surface area contributed by atoms with E-state index in [1.54, 1.807) is 0 Å². The van der Waals surface area contributed by atoms with Crippen molar-refractivity contribution in [3.05, 3.63) is 490 Å². The van der Waals surface area contributed by atoms with Crippen LogP contribution in [0.3, 0.4) is 0 Å². The van der Waals surface area contributed by atoms with Gasteiger partial charge in [0.1, 0.15) is 0 Å². The van der Waals surface area contributed by atoms with Crippen LogP contribution in [0.4, 0.5) is 0 Å². The van der Waals surface area contributed by atoms with Crippen LogP contribution in [-0.2, 0) is 0 Å². The number of hydrogen-bond donors (Lipinski definition) is 0. The first-order chi connectivity index (χ1) is 66.7. The fourth-order valence-corrected chi connectivity index (χ4v) is 20.7. The van der Waals surface area contributed by atoms with Gasteiger partial charge in [-0.15, -0.1) is 0 Å². The van der Waals surface area contributed by atoms with Gasteiger partial charge in [-0.3, -0.25) is 4.57 Å². The molecule has 0 unspecified atom stereocenters. The van der Waals surface area contributed by atoms with E-state index >= 15 is 0 Å². The predicted octanol–water partition coefficient (Wildman–Crippen LogP) is 32.8. The first-order valence-corrected chi connectivity index (χ1v) is 46.2. The molecule has 7 heterocycles. The van der Waals surface area contributed by atoms with Crippen molar-refractivity contribution in [2.24, 2.45) is 0 Å². The van der Waals surface area contributed by atoms with Gasteiger partial charge in [0.25, 0.3) is 0 Å². The van der Waals surface area contributed by atoms with E-state index in [9.17, 15) is 0 Å². The molecule has 636 valence electrons. The fourth-order valence-electron chi connectivity index (χ4n) is 20.7. The van der Waals surface area contributed by atoms with Gasteiger partial charge in [0.05, 0.1) is 66.2 Å². The minimum Gasteiger partial charge on any atom is -0.309 e. The number of benzene rings is 20. The molecule has 0 aliphatic heterocycles. The number of aryl methyl sites for hydroxylation is 3. The average Bonchev–Trinajstić information content (AvgIpc) is 1.56. The van der Waals surface area contributed by atoms with Crippen molar-refractivity contribution in [2.75, 3.05) is 0 Å². The zero-order valence-corrected chi connectivity index (χ0v) is 74.6. The Kier molecular flexibility index (Phi) is 19.4. The maximum Gasteiger partial charge on any atom is 0.238 e. The third kappa shape index (κ3) is 13.9. The van der Waals surface area contributed by atoms with Crippen molar-refractivity contribution in [1.82, 2.24) is 42.4 Å². The lowest BCUT2D eigenvalue weighted by Crippen LogP contribution is -2.06. The van der Waals surface area contributed by atoms with E-state index in [0.29, 0.717) is 17.6 Å². The van der Waals surface area contributed by atoms with Crippen LogP contribution in [0.1, 0.15) is 16.7 Å². The van der Waals surface area contributed by atoms with Crippen molar-refractivity contribution < 1.29 is 0 Å².